The number of hydrogen-bond acceptors (Lipinski definition) is 4. The first kappa shape index (κ1) is 17.4. The Bertz CT molecular complexity index is 639. The van der Waals surface area contributed by atoms with Crippen molar-refractivity contribution in [2.24, 2.45) is 0 Å². The van der Waals surface area contributed by atoms with Gasteiger partial charge in [-0.2, -0.15) is 0 Å². The highest BCUT2D eigenvalue weighted by Crippen LogP contribution is 2.16. The van der Waals surface area contributed by atoms with Crippen molar-refractivity contribution < 1.29 is 4.79 Å². The summed E-state index contributed by atoms with van der Waals surface area (Å²) in [7, 11) is 0. The standard InChI is InChI=1S/C17H21BrN4O/c1-3-8-22(9-4-2)16-12-19-15(11-20-16)17(23)21-14-7-5-6-13(18)10-14/h5-7,10-12H,3-4,8-9H2,1-2H3,(H,21,23). The van der Waals surface area contributed by atoms with E-state index in [0.29, 0.717) is 11.4 Å². The van der Waals surface area contributed by atoms with E-state index in [1.54, 1.807) is 6.20 Å². The number of halogens is 1. The second-order valence-corrected chi connectivity index (χ2v) is 6.13. The zero-order chi connectivity index (χ0) is 16.7. The maximum atomic E-state index is 12.2. The Morgan fingerprint density at radius 2 is 1.91 bits per heavy atom. The fraction of sp³-hybridized carbons (Fsp3) is 0.353. The van der Waals surface area contributed by atoms with Crippen LogP contribution in [0.25, 0.3) is 0 Å². The number of amides is 1. The molecule has 2 aromatic rings. The van der Waals surface area contributed by atoms with E-state index >= 15 is 0 Å². The zero-order valence-electron chi connectivity index (χ0n) is 13.4. The number of benzene rings is 1. The van der Waals surface area contributed by atoms with E-state index in [9.17, 15) is 4.79 Å². The molecule has 0 spiro atoms. The number of anilines is 2. The SMILES string of the molecule is CCCN(CCC)c1cnc(C(=O)Nc2cccc(Br)c2)cn1. The number of carbonyl (C=O) groups is 1. The Morgan fingerprint density at radius 1 is 1.17 bits per heavy atom. The molecule has 1 heterocycles. The van der Waals surface area contributed by atoms with E-state index < -0.39 is 0 Å². The first-order valence-corrected chi connectivity index (χ1v) is 8.57. The largest absolute Gasteiger partial charge is 0.355 e. The average Bonchev–Trinajstić information content (AvgIpc) is 2.55. The number of nitrogens with one attached hydrogen (secondary N) is 1. The van der Waals surface area contributed by atoms with E-state index in [-0.39, 0.29) is 5.91 Å². The van der Waals surface area contributed by atoms with Crippen molar-refractivity contribution in [2.75, 3.05) is 23.3 Å². The Balaban J connectivity index is 2.07. The molecule has 0 saturated heterocycles. The monoisotopic (exact) mass is 376 g/mol. The molecule has 1 amide bonds. The lowest BCUT2D eigenvalue weighted by Gasteiger charge is -2.22. The maximum absolute atomic E-state index is 12.2. The van der Waals surface area contributed by atoms with Crippen LogP contribution in [0, 0.1) is 0 Å². The molecule has 0 radical (unpaired) electrons. The normalized spacial score (nSPS) is 10.4. The van der Waals surface area contributed by atoms with E-state index in [1.165, 1.54) is 6.20 Å². The molecule has 0 fully saturated rings. The van der Waals surface area contributed by atoms with Crippen LogP contribution in [0.5, 0.6) is 0 Å². The van der Waals surface area contributed by atoms with Crippen molar-refractivity contribution in [2.45, 2.75) is 26.7 Å². The minimum absolute atomic E-state index is 0.264. The van der Waals surface area contributed by atoms with Gasteiger partial charge in [0, 0.05) is 23.2 Å². The molecule has 23 heavy (non-hydrogen) atoms. The molecule has 1 aromatic carbocycles. The summed E-state index contributed by atoms with van der Waals surface area (Å²) >= 11 is 3.38. The van der Waals surface area contributed by atoms with Gasteiger partial charge in [-0.1, -0.05) is 35.8 Å². The Kier molecular flexibility index (Phi) is 6.52. The van der Waals surface area contributed by atoms with Gasteiger partial charge in [0.15, 0.2) is 0 Å². The minimum Gasteiger partial charge on any atom is -0.355 e. The van der Waals surface area contributed by atoms with Crippen LogP contribution in [-0.4, -0.2) is 29.0 Å². The first-order valence-electron chi connectivity index (χ1n) is 7.78. The predicted octanol–water partition coefficient (Wildman–Crippen LogP) is 4.12. The lowest BCUT2D eigenvalue weighted by Crippen LogP contribution is -2.26. The number of aromatic nitrogens is 2. The fourth-order valence-corrected chi connectivity index (χ4v) is 2.64. The van der Waals surface area contributed by atoms with Gasteiger partial charge in [-0.3, -0.25) is 4.79 Å². The van der Waals surface area contributed by atoms with Gasteiger partial charge in [-0.25, -0.2) is 9.97 Å². The molecule has 0 aliphatic carbocycles. The van der Waals surface area contributed by atoms with Crippen LogP contribution in [0.2, 0.25) is 0 Å². The molecule has 0 bridgehead atoms. The van der Waals surface area contributed by atoms with Crippen LogP contribution in [-0.2, 0) is 0 Å². The zero-order valence-corrected chi connectivity index (χ0v) is 15.0. The Morgan fingerprint density at radius 3 is 2.48 bits per heavy atom. The number of carbonyl (C=O) groups excluding carboxylic acids is 1. The second-order valence-electron chi connectivity index (χ2n) is 5.21. The van der Waals surface area contributed by atoms with Gasteiger partial charge in [0.25, 0.3) is 5.91 Å². The summed E-state index contributed by atoms with van der Waals surface area (Å²) in [4.78, 5) is 23.0. The van der Waals surface area contributed by atoms with Gasteiger partial charge in [0.05, 0.1) is 12.4 Å². The highest BCUT2D eigenvalue weighted by molar-refractivity contribution is 9.10. The third-order valence-corrected chi connectivity index (χ3v) is 3.76. The van der Waals surface area contributed by atoms with Gasteiger partial charge in [0.1, 0.15) is 11.5 Å². The molecule has 1 aromatic heterocycles. The molecule has 0 atom stereocenters. The van der Waals surface area contributed by atoms with Crippen LogP contribution in [0.4, 0.5) is 11.5 Å². The lowest BCUT2D eigenvalue weighted by molar-refractivity contribution is 0.102. The molecular weight excluding hydrogens is 356 g/mol. The second kappa shape index (κ2) is 8.62. The third kappa shape index (κ3) is 5.03. The van der Waals surface area contributed by atoms with Crippen LogP contribution in [0.3, 0.4) is 0 Å². The summed E-state index contributed by atoms with van der Waals surface area (Å²) in [6.45, 7) is 6.14. The Labute approximate surface area is 145 Å². The summed E-state index contributed by atoms with van der Waals surface area (Å²) in [6.07, 6.45) is 5.29. The average molecular weight is 377 g/mol. The van der Waals surface area contributed by atoms with Crippen molar-refractivity contribution >= 4 is 33.3 Å². The van der Waals surface area contributed by atoms with Gasteiger partial charge < -0.3 is 10.2 Å². The number of nitrogens with zero attached hydrogens (tertiary/aromatic N) is 3. The quantitative estimate of drug-likeness (QED) is 0.789. The van der Waals surface area contributed by atoms with Gasteiger partial charge in [-0.05, 0) is 31.0 Å². The van der Waals surface area contributed by atoms with Crippen molar-refractivity contribution in [3.63, 3.8) is 0 Å². The van der Waals surface area contributed by atoms with Gasteiger partial charge >= 0.3 is 0 Å². The summed E-state index contributed by atoms with van der Waals surface area (Å²) in [5.41, 5.74) is 1.02. The molecule has 122 valence electrons. The van der Waals surface area contributed by atoms with Crippen LogP contribution >= 0.6 is 15.9 Å². The molecule has 0 aliphatic heterocycles. The van der Waals surface area contributed by atoms with E-state index in [4.69, 9.17) is 0 Å². The summed E-state index contributed by atoms with van der Waals surface area (Å²) < 4.78 is 0.909. The fourth-order valence-electron chi connectivity index (χ4n) is 2.24. The van der Waals surface area contributed by atoms with E-state index in [0.717, 1.165) is 36.2 Å². The molecule has 1 N–H and O–H groups in total. The summed E-state index contributed by atoms with van der Waals surface area (Å²) in [5, 5.41) is 2.81. The van der Waals surface area contributed by atoms with Crippen LogP contribution in [0.15, 0.2) is 41.1 Å². The maximum Gasteiger partial charge on any atom is 0.275 e. The minimum atomic E-state index is -0.264. The highest BCUT2D eigenvalue weighted by atomic mass is 79.9. The summed E-state index contributed by atoms with van der Waals surface area (Å²) in [5.74, 6) is 0.549. The van der Waals surface area contributed by atoms with Crippen molar-refractivity contribution in [3.05, 3.63) is 46.8 Å². The van der Waals surface area contributed by atoms with E-state index in [2.05, 4.69) is 50.0 Å². The molecule has 5 nitrogen and oxygen atoms in total. The lowest BCUT2D eigenvalue weighted by atomic mass is 10.3. The topological polar surface area (TPSA) is 58.1 Å². The van der Waals surface area contributed by atoms with Gasteiger partial charge in [0.2, 0.25) is 0 Å². The Hall–Kier alpha value is -1.95. The molecular formula is C17H21BrN4O. The highest BCUT2D eigenvalue weighted by Gasteiger charge is 2.11. The van der Waals surface area contributed by atoms with Crippen molar-refractivity contribution in [3.8, 4) is 0 Å². The molecule has 2 rings (SSSR count). The van der Waals surface area contributed by atoms with Crippen molar-refractivity contribution in [1.82, 2.24) is 9.97 Å². The van der Waals surface area contributed by atoms with Crippen molar-refractivity contribution in [1.29, 1.82) is 0 Å². The number of hydrogen-bond donors (Lipinski definition) is 1. The van der Waals surface area contributed by atoms with Gasteiger partial charge in [-0.15, -0.1) is 0 Å². The predicted molar refractivity (Wildman–Crippen MR) is 96.9 cm³/mol. The smallest absolute Gasteiger partial charge is 0.275 e. The molecule has 0 aliphatic rings. The third-order valence-electron chi connectivity index (χ3n) is 3.26. The van der Waals surface area contributed by atoms with Crippen LogP contribution < -0.4 is 10.2 Å². The number of rotatable bonds is 7. The summed E-state index contributed by atoms with van der Waals surface area (Å²) in [6, 6.07) is 7.43. The first-order chi connectivity index (χ1) is 11.1. The molecule has 6 heteroatoms. The molecule has 0 saturated carbocycles. The van der Waals surface area contributed by atoms with Crippen LogP contribution in [0.1, 0.15) is 37.2 Å². The molecule has 0 unspecified atom stereocenters. The van der Waals surface area contributed by atoms with E-state index in [1.807, 2.05) is 24.3 Å².